The molecule has 1 aromatic rings. The maximum Gasteiger partial charge on any atom is 0.253 e. The van der Waals surface area contributed by atoms with E-state index in [2.05, 4.69) is 15.6 Å². The van der Waals surface area contributed by atoms with Gasteiger partial charge in [0, 0.05) is 13.0 Å². The van der Waals surface area contributed by atoms with E-state index in [0.29, 0.717) is 31.5 Å². The molecule has 112 valence electrons. The molecule has 2 aliphatic heterocycles. The van der Waals surface area contributed by atoms with E-state index in [0.717, 1.165) is 24.2 Å². The summed E-state index contributed by atoms with van der Waals surface area (Å²) in [6.07, 6.45) is 1.80. The van der Waals surface area contributed by atoms with Crippen molar-refractivity contribution in [2.75, 3.05) is 19.8 Å². The zero-order valence-electron chi connectivity index (χ0n) is 12.0. The van der Waals surface area contributed by atoms with Crippen LogP contribution in [0.5, 0.6) is 11.5 Å². The number of rotatable bonds is 3. The predicted octanol–water partition coefficient (Wildman–Crippen LogP) is 1.37. The number of guanidine groups is 1. The zero-order valence-corrected chi connectivity index (χ0v) is 12.0. The molecule has 1 fully saturated rings. The molecule has 1 saturated heterocycles. The van der Waals surface area contributed by atoms with Crippen LogP contribution in [0.1, 0.15) is 31.4 Å². The number of amides is 1. The molecule has 0 bridgehead atoms. The van der Waals surface area contributed by atoms with E-state index < -0.39 is 6.04 Å². The Morgan fingerprint density at radius 1 is 1.29 bits per heavy atom. The minimum atomic E-state index is -0.433. The second kappa shape index (κ2) is 6.03. The maximum absolute atomic E-state index is 12.1. The van der Waals surface area contributed by atoms with E-state index in [4.69, 9.17) is 9.47 Å². The van der Waals surface area contributed by atoms with Gasteiger partial charge in [-0.05, 0) is 24.1 Å². The smallest absolute Gasteiger partial charge is 0.253 e. The number of hydrogen-bond acceptors (Lipinski definition) is 4. The van der Waals surface area contributed by atoms with Crippen molar-refractivity contribution in [3.63, 3.8) is 0 Å². The van der Waals surface area contributed by atoms with E-state index in [1.807, 2.05) is 25.1 Å². The Bertz CT molecular complexity index is 571. The third-order valence-corrected chi connectivity index (χ3v) is 3.38. The molecule has 1 aromatic carbocycles. The van der Waals surface area contributed by atoms with Gasteiger partial charge in [-0.1, -0.05) is 13.0 Å². The topological polar surface area (TPSA) is 72.0 Å². The lowest BCUT2D eigenvalue weighted by Gasteiger charge is -2.12. The Morgan fingerprint density at radius 2 is 2.10 bits per heavy atom. The third-order valence-electron chi connectivity index (χ3n) is 3.38. The highest BCUT2D eigenvalue weighted by Crippen LogP contribution is 2.32. The molecule has 2 N–H and O–H groups in total. The van der Waals surface area contributed by atoms with Crippen molar-refractivity contribution in [2.24, 2.45) is 4.99 Å². The van der Waals surface area contributed by atoms with Crippen LogP contribution in [0.2, 0.25) is 0 Å². The highest BCUT2D eigenvalue weighted by Gasteiger charge is 2.30. The fourth-order valence-electron chi connectivity index (χ4n) is 2.33. The van der Waals surface area contributed by atoms with E-state index in [-0.39, 0.29) is 5.91 Å². The second-order valence-electron chi connectivity index (χ2n) is 5.05. The first-order valence-electron chi connectivity index (χ1n) is 7.29. The van der Waals surface area contributed by atoms with Gasteiger partial charge in [-0.15, -0.1) is 0 Å². The van der Waals surface area contributed by atoms with Gasteiger partial charge in [-0.25, -0.2) is 0 Å². The molecule has 6 nitrogen and oxygen atoms in total. The maximum atomic E-state index is 12.1. The first-order valence-corrected chi connectivity index (χ1v) is 7.29. The molecule has 0 saturated carbocycles. The van der Waals surface area contributed by atoms with Crippen LogP contribution >= 0.6 is 0 Å². The molecule has 1 atom stereocenters. The van der Waals surface area contributed by atoms with E-state index in [1.54, 1.807) is 0 Å². The minimum Gasteiger partial charge on any atom is -0.490 e. The van der Waals surface area contributed by atoms with Crippen LogP contribution in [-0.4, -0.2) is 31.6 Å². The number of hydrogen-bond donors (Lipinski definition) is 2. The molecule has 3 rings (SSSR count). The summed E-state index contributed by atoms with van der Waals surface area (Å²) in [5, 5.41) is 5.86. The molecule has 0 spiro atoms. The van der Waals surface area contributed by atoms with Crippen LogP contribution in [0.4, 0.5) is 0 Å². The second-order valence-corrected chi connectivity index (χ2v) is 5.05. The lowest BCUT2D eigenvalue weighted by Crippen LogP contribution is -2.25. The van der Waals surface area contributed by atoms with Gasteiger partial charge in [-0.2, -0.15) is 0 Å². The van der Waals surface area contributed by atoms with Crippen molar-refractivity contribution in [3.8, 4) is 11.5 Å². The third kappa shape index (κ3) is 2.94. The Labute approximate surface area is 123 Å². The van der Waals surface area contributed by atoms with Gasteiger partial charge >= 0.3 is 0 Å². The van der Waals surface area contributed by atoms with Crippen LogP contribution in [0.25, 0.3) is 0 Å². The number of benzene rings is 1. The number of aliphatic imine (C=N–C) groups is 1. The molecule has 0 aromatic heterocycles. The fraction of sp³-hybridized carbons (Fsp3) is 0.467. The molecule has 6 heteroatoms. The van der Waals surface area contributed by atoms with Crippen LogP contribution in [0.15, 0.2) is 23.2 Å². The number of nitrogens with zero attached hydrogens (tertiary/aromatic N) is 1. The van der Waals surface area contributed by atoms with Crippen molar-refractivity contribution < 1.29 is 14.3 Å². The van der Waals surface area contributed by atoms with Gasteiger partial charge in [0.1, 0.15) is 6.04 Å². The summed E-state index contributed by atoms with van der Waals surface area (Å²) in [5.74, 6) is 1.87. The first kappa shape index (κ1) is 13.7. The van der Waals surface area contributed by atoms with E-state index in [9.17, 15) is 4.79 Å². The Hall–Kier alpha value is -2.24. The largest absolute Gasteiger partial charge is 0.490 e. The van der Waals surface area contributed by atoms with Crippen molar-refractivity contribution in [1.82, 2.24) is 10.6 Å². The summed E-state index contributed by atoms with van der Waals surface area (Å²) < 4.78 is 11.3. The van der Waals surface area contributed by atoms with Crippen LogP contribution in [0, 0.1) is 0 Å². The number of fused-ring (bicyclic) bond motifs is 1. The summed E-state index contributed by atoms with van der Waals surface area (Å²) in [6.45, 7) is 4.02. The van der Waals surface area contributed by atoms with Crippen molar-refractivity contribution in [3.05, 3.63) is 23.8 Å². The van der Waals surface area contributed by atoms with Gasteiger partial charge in [0.25, 0.3) is 5.91 Å². The molecule has 0 aliphatic carbocycles. The predicted molar refractivity (Wildman–Crippen MR) is 78.7 cm³/mol. The number of carbonyl (C=O) groups excluding carboxylic acids is 1. The van der Waals surface area contributed by atoms with Gasteiger partial charge in [-0.3, -0.25) is 15.1 Å². The lowest BCUT2D eigenvalue weighted by molar-refractivity contribution is -0.120. The van der Waals surface area contributed by atoms with E-state index >= 15 is 0 Å². The Balaban J connectivity index is 1.81. The minimum absolute atomic E-state index is 0.0978. The molecule has 1 amide bonds. The first-order chi connectivity index (χ1) is 10.3. The van der Waals surface area contributed by atoms with E-state index in [1.165, 1.54) is 0 Å². The fourth-order valence-corrected chi connectivity index (χ4v) is 2.33. The SMILES string of the molecule is CCCN=C1NC(=O)C(c2ccc3c(c2)OCCCO3)N1. The molecule has 21 heavy (non-hydrogen) atoms. The standard InChI is InChI=1S/C15H19N3O3/c1-2-6-16-15-17-13(14(19)18-15)10-4-5-11-12(9-10)21-8-3-7-20-11/h4-5,9,13H,2-3,6-8H2,1H3,(H2,16,17,18,19). The summed E-state index contributed by atoms with van der Waals surface area (Å²) in [5.41, 5.74) is 0.846. The van der Waals surface area contributed by atoms with Crippen LogP contribution in [0.3, 0.4) is 0 Å². The Morgan fingerprint density at radius 3 is 2.90 bits per heavy atom. The quantitative estimate of drug-likeness (QED) is 0.881. The molecular weight excluding hydrogens is 270 g/mol. The molecule has 2 heterocycles. The summed E-state index contributed by atoms with van der Waals surface area (Å²) in [4.78, 5) is 16.3. The van der Waals surface area contributed by atoms with Crippen molar-refractivity contribution >= 4 is 11.9 Å². The molecule has 2 aliphatic rings. The molecule has 0 radical (unpaired) electrons. The lowest BCUT2D eigenvalue weighted by atomic mass is 10.1. The number of ether oxygens (including phenoxy) is 2. The monoisotopic (exact) mass is 289 g/mol. The molecular formula is C15H19N3O3. The Kier molecular flexibility index (Phi) is 3.94. The van der Waals surface area contributed by atoms with Gasteiger partial charge < -0.3 is 14.8 Å². The van der Waals surface area contributed by atoms with Crippen molar-refractivity contribution in [2.45, 2.75) is 25.8 Å². The summed E-state index contributed by atoms with van der Waals surface area (Å²) in [7, 11) is 0. The molecule has 1 unspecified atom stereocenters. The van der Waals surface area contributed by atoms with Gasteiger partial charge in [0.15, 0.2) is 17.5 Å². The number of nitrogens with one attached hydrogen (secondary N) is 2. The number of carbonyl (C=O) groups is 1. The normalized spacial score (nSPS) is 22.6. The highest BCUT2D eigenvalue weighted by atomic mass is 16.5. The van der Waals surface area contributed by atoms with Crippen LogP contribution < -0.4 is 20.1 Å². The summed E-state index contributed by atoms with van der Waals surface area (Å²) in [6, 6.07) is 5.16. The highest BCUT2D eigenvalue weighted by molar-refractivity contribution is 6.06. The average molecular weight is 289 g/mol. The summed E-state index contributed by atoms with van der Waals surface area (Å²) >= 11 is 0. The van der Waals surface area contributed by atoms with Gasteiger partial charge in [0.2, 0.25) is 0 Å². The van der Waals surface area contributed by atoms with Crippen LogP contribution in [-0.2, 0) is 4.79 Å². The van der Waals surface area contributed by atoms with Gasteiger partial charge in [0.05, 0.1) is 13.2 Å². The average Bonchev–Trinajstić information content (AvgIpc) is 2.72. The zero-order chi connectivity index (χ0) is 14.7. The van der Waals surface area contributed by atoms with Crippen molar-refractivity contribution in [1.29, 1.82) is 0 Å².